The number of aryl methyl sites for hydroxylation is 1. The van der Waals surface area contributed by atoms with Gasteiger partial charge in [-0.1, -0.05) is 31.2 Å². The molecule has 1 nitrogen and oxygen atoms in total. The van der Waals surface area contributed by atoms with Crippen LogP contribution in [-0.4, -0.2) is 19.3 Å². The van der Waals surface area contributed by atoms with Gasteiger partial charge in [0, 0.05) is 19.0 Å². The first-order valence-electron chi connectivity index (χ1n) is 5.72. The highest BCUT2D eigenvalue weighted by Crippen LogP contribution is 2.19. The van der Waals surface area contributed by atoms with Crippen LogP contribution in [0.25, 0.3) is 0 Å². The Bertz CT molecular complexity index is 324. The van der Waals surface area contributed by atoms with E-state index in [0.29, 0.717) is 6.54 Å². The van der Waals surface area contributed by atoms with E-state index in [1.54, 1.807) is 0 Å². The van der Waals surface area contributed by atoms with Gasteiger partial charge >= 0.3 is 0 Å². The second-order valence-corrected chi connectivity index (χ2v) is 4.31. The fourth-order valence-electron chi connectivity index (χ4n) is 2.18. The molecule has 15 heavy (non-hydrogen) atoms. The van der Waals surface area contributed by atoms with Crippen molar-refractivity contribution >= 4 is 0 Å². The molecule has 0 amide bonds. The first kappa shape index (κ1) is 10.6. The lowest BCUT2D eigenvalue weighted by Gasteiger charge is -2.12. The lowest BCUT2D eigenvalue weighted by atomic mass is 9.96. The maximum absolute atomic E-state index is 13.4. The van der Waals surface area contributed by atoms with Crippen molar-refractivity contribution in [3.63, 3.8) is 0 Å². The van der Waals surface area contributed by atoms with Gasteiger partial charge in [-0.2, -0.15) is 0 Å². The number of benzene rings is 1. The van der Waals surface area contributed by atoms with Crippen molar-refractivity contribution in [1.29, 1.82) is 0 Å². The largest absolute Gasteiger partial charge is 0.313 e. The van der Waals surface area contributed by atoms with Crippen molar-refractivity contribution in [2.24, 2.45) is 5.92 Å². The summed E-state index contributed by atoms with van der Waals surface area (Å²) in [6, 6.07) is 8.50. The van der Waals surface area contributed by atoms with Crippen molar-refractivity contribution in [3.05, 3.63) is 35.4 Å². The summed E-state index contributed by atoms with van der Waals surface area (Å²) >= 11 is 0. The van der Waals surface area contributed by atoms with Crippen LogP contribution >= 0.6 is 0 Å². The van der Waals surface area contributed by atoms with Crippen LogP contribution in [0.3, 0.4) is 0 Å². The Morgan fingerprint density at radius 2 is 2.13 bits per heavy atom. The molecule has 1 fully saturated rings. The first-order chi connectivity index (χ1) is 7.29. The number of hydrogen-bond donors (Lipinski definition) is 1. The Labute approximate surface area is 90.7 Å². The minimum Gasteiger partial charge on any atom is -0.313 e. The lowest BCUT2D eigenvalue weighted by Crippen LogP contribution is -2.15. The molecule has 0 saturated carbocycles. The van der Waals surface area contributed by atoms with E-state index in [-0.39, 0.29) is 5.92 Å². The van der Waals surface area contributed by atoms with E-state index in [4.69, 9.17) is 0 Å². The van der Waals surface area contributed by atoms with Crippen LogP contribution in [-0.2, 0) is 12.8 Å². The molecule has 0 spiro atoms. The quantitative estimate of drug-likeness (QED) is 0.802. The summed E-state index contributed by atoms with van der Waals surface area (Å²) in [5.41, 5.74) is 2.61. The highest BCUT2D eigenvalue weighted by Gasteiger charge is 2.26. The van der Waals surface area contributed by atoms with Gasteiger partial charge in [-0.3, -0.25) is 0 Å². The first-order valence-corrected chi connectivity index (χ1v) is 5.72. The molecule has 1 aromatic rings. The zero-order chi connectivity index (χ0) is 10.7. The molecule has 1 N–H and O–H groups in total. The number of rotatable bonds is 3. The van der Waals surface area contributed by atoms with E-state index < -0.39 is 6.17 Å². The van der Waals surface area contributed by atoms with Gasteiger partial charge < -0.3 is 5.32 Å². The van der Waals surface area contributed by atoms with Crippen LogP contribution in [0.5, 0.6) is 0 Å². The van der Waals surface area contributed by atoms with Crippen LogP contribution in [0, 0.1) is 5.92 Å². The molecule has 1 aliphatic heterocycles. The summed E-state index contributed by atoms with van der Waals surface area (Å²) in [4.78, 5) is 0. The SMILES string of the molecule is CCc1cccc(CC2CNCC2F)c1. The van der Waals surface area contributed by atoms with E-state index >= 15 is 0 Å². The lowest BCUT2D eigenvalue weighted by molar-refractivity contribution is 0.282. The van der Waals surface area contributed by atoms with Gasteiger partial charge in [0.2, 0.25) is 0 Å². The highest BCUT2D eigenvalue weighted by atomic mass is 19.1. The Morgan fingerprint density at radius 3 is 2.80 bits per heavy atom. The predicted molar refractivity (Wildman–Crippen MR) is 60.8 cm³/mol. The third-order valence-electron chi connectivity index (χ3n) is 3.15. The molecule has 1 saturated heterocycles. The van der Waals surface area contributed by atoms with Crippen LogP contribution in [0.4, 0.5) is 4.39 Å². The summed E-state index contributed by atoms with van der Waals surface area (Å²) in [5, 5.41) is 3.10. The molecule has 2 heteroatoms. The Morgan fingerprint density at radius 1 is 1.33 bits per heavy atom. The van der Waals surface area contributed by atoms with E-state index in [9.17, 15) is 4.39 Å². The van der Waals surface area contributed by atoms with E-state index in [1.165, 1.54) is 11.1 Å². The molecule has 0 bridgehead atoms. The van der Waals surface area contributed by atoms with Gasteiger partial charge in [0.05, 0.1) is 0 Å². The zero-order valence-corrected chi connectivity index (χ0v) is 9.17. The van der Waals surface area contributed by atoms with Gasteiger partial charge in [0.1, 0.15) is 6.17 Å². The fourth-order valence-corrected chi connectivity index (χ4v) is 2.18. The monoisotopic (exact) mass is 207 g/mol. The molecule has 0 aliphatic carbocycles. The summed E-state index contributed by atoms with van der Waals surface area (Å²) in [5.74, 6) is 0.164. The molecular formula is C13H18FN. The summed E-state index contributed by atoms with van der Waals surface area (Å²) in [7, 11) is 0. The second-order valence-electron chi connectivity index (χ2n) is 4.31. The van der Waals surface area contributed by atoms with Crippen molar-refractivity contribution in [3.8, 4) is 0 Å². The van der Waals surface area contributed by atoms with E-state index in [2.05, 4.69) is 36.5 Å². The number of nitrogens with one attached hydrogen (secondary N) is 1. The third-order valence-corrected chi connectivity index (χ3v) is 3.15. The van der Waals surface area contributed by atoms with E-state index in [1.807, 2.05) is 0 Å². The van der Waals surface area contributed by atoms with Crippen LogP contribution in [0.2, 0.25) is 0 Å². The maximum atomic E-state index is 13.4. The van der Waals surface area contributed by atoms with E-state index in [0.717, 1.165) is 19.4 Å². The maximum Gasteiger partial charge on any atom is 0.117 e. The summed E-state index contributed by atoms with van der Waals surface area (Å²) < 4.78 is 13.4. The van der Waals surface area contributed by atoms with Crippen LogP contribution < -0.4 is 5.32 Å². The van der Waals surface area contributed by atoms with Crippen LogP contribution in [0.15, 0.2) is 24.3 Å². The molecule has 1 aliphatic rings. The smallest absolute Gasteiger partial charge is 0.117 e. The average molecular weight is 207 g/mol. The normalized spacial score (nSPS) is 25.7. The molecule has 2 atom stereocenters. The molecular weight excluding hydrogens is 189 g/mol. The highest BCUT2D eigenvalue weighted by molar-refractivity contribution is 5.24. The number of alkyl halides is 1. The summed E-state index contributed by atoms with van der Waals surface area (Å²) in [6.07, 6.45) is 1.24. The fraction of sp³-hybridized carbons (Fsp3) is 0.538. The number of hydrogen-bond acceptors (Lipinski definition) is 1. The Hall–Kier alpha value is -0.890. The number of halogens is 1. The minimum absolute atomic E-state index is 0.164. The Balaban J connectivity index is 2.03. The Kier molecular flexibility index (Phi) is 3.37. The second kappa shape index (κ2) is 4.75. The van der Waals surface area contributed by atoms with Gasteiger partial charge in [0.25, 0.3) is 0 Å². The van der Waals surface area contributed by atoms with Crippen molar-refractivity contribution < 1.29 is 4.39 Å². The minimum atomic E-state index is -0.671. The van der Waals surface area contributed by atoms with Gasteiger partial charge in [-0.05, 0) is 24.0 Å². The molecule has 2 rings (SSSR count). The van der Waals surface area contributed by atoms with Crippen molar-refractivity contribution in [1.82, 2.24) is 5.32 Å². The van der Waals surface area contributed by atoms with Gasteiger partial charge in [-0.25, -0.2) is 4.39 Å². The molecule has 1 heterocycles. The van der Waals surface area contributed by atoms with Gasteiger partial charge in [0.15, 0.2) is 0 Å². The average Bonchev–Trinajstić information content (AvgIpc) is 2.65. The van der Waals surface area contributed by atoms with Gasteiger partial charge in [-0.15, -0.1) is 0 Å². The molecule has 82 valence electrons. The van der Waals surface area contributed by atoms with Crippen LogP contribution in [0.1, 0.15) is 18.1 Å². The molecule has 0 radical (unpaired) electrons. The topological polar surface area (TPSA) is 12.0 Å². The molecule has 2 unspecified atom stereocenters. The molecule has 1 aromatic carbocycles. The van der Waals surface area contributed by atoms with Crippen molar-refractivity contribution in [2.75, 3.05) is 13.1 Å². The summed E-state index contributed by atoms with van der Waals surface area (Å²) in [6.45, 7) is 3.49. The zero-order valence-electron chi connectivity index (χ0n) is 9.17. The standard InChI is InChI=1S/C13H18FN/c1-2-10-4-3-5-11(6-10)7-12-8-15-9-13(12)14/h3-6,12-13,15H,2,7-9H2,1H3. The predicted octanol–water partition coefficient (Wildman–Crippen LogP) is 2.35. The van der Waals surface area contributed by atoms with Crippen molar-refractivity contribution in [2.45, 2.75) is 25.9 Å². The third kappa shape index (κ3) is 2.57. The molecule has 0 aromatic heterocycles.